The maximum Gasteiger partial charge on any atom is 0.252 e. The standard InChI is InChI=1S/C18H19N3O/c1-13-4-6-14(7-5-13)17(12-19)20-18(22)15-8-10-16(11-9-15)21(2)3/h4-11,17H,1-3H3,(H,20,22). The highest BCUT2D eigenvalue weighted by atomic mass is 16.1. The summed E-state index contributed by atoms with van der Waals surface area (Å²) in [6.45, 7) is 1.98. The average molecular weight is 293 g/mol. The van der Waals surface area contributed by atoms with Gasteiger partial charge in [-0.1, -0.05) is 29.8 Å². The Kier molecular flexibility index (Phi) is 4.80. The van der Waals surface area contributed by atoms with Crippen LogP contribution in [0.1, 0.15) is 27.5 Å². The molecule has 1 amide bonds. The fraction of sp³-hybridized carbons (Fsp3) is 0.222. The molecule has 0 aliphatic rings. The van der Waals surface area contributed by atoms with E-state index in [0.717, 1.165) is 16.8 Å². The highest BCUT2D eigenvalue weighted by Crippen LogP contribution is 2.16. The van der Waals surface area contributed by atoms with Crippen LogP contribution in [-0.2, 0) is 0 Å². The van der Waals surface area contributed by atoms with Gasteiger partial charge in [-0.05, 0) is 36.8 Å². The van der Waals surface area contributed by atoms with Crippen molar-refractivity contribution in [1.29, 1.82) is 5.26 Å². The number of amides is 1. The van der Waals surface area contributed by atoms with Gasteiger partial charge in [0.15, 0.2) is 0 Å². The number of nitriles is 1. The zero-order chi connectivity index (χ0) is 16.1. The van der Waals surface area contributed by atoms with Crippen LogP contribution < -0.4 is 10.2 Å². The van der Waals surface area contributed by atoms with Crippen molar-refractivity contribution in [2.45, 2.75) is 13.0 Å². The Balaban J connectivity index is 2.12. The molecule has 4 nitrogen and oxygen atoms in total. The van der Waals surface area contributed by atoms with Gasteiger partial charge in [0.1, 0.15) is 6.04 Å². The van der Waals surface area contributed by atoms with Crippen LogP contribution in [-0.4, -0.2) is 20.0 Å². The van der Waals surface area contributed by atoms with E-state index >= 15 is 0 Å². The SMILES string of the molecule is Cc1ccc(C(C#N)NC(=O)c2ccc(N(C)C)cc2)cc1. The molecule has 0 aliphatic carbocycles. The number of anilines is 1. The van der Waals surface area contributed by atoms with Gasteiger partial charge in [-0.25, -0.2) is 0 Å². The van der Waals surface area contributed by atoms with Crippen molar-refractivity contribution in [3.05, 3.63) is 65.2 Å². The molecule has 0 heterocycles. The number of rotatable bonds is 4. The molecule has 1 N–H and O–H groups in total. The minimum absolute atomic E-state index is 0.252. The molecule has 0 aromatic heterocycles. The molecule has 2 aromatic carbocycles. The largest absolute Gasteiger partial charge is 0.378 e. The maximum atomic E-state index is 12.3. The molecule has 1 unspecified atom stereocenters. The zero-order valence-electron chi connectivity index (χ0n) is 13.0. The highest BCUT2D eigenvalue weighted by molar-refractivity contribution is 5.95. The molecule has 112 valence electrons. The first-order chi connectivity index (χ1) is 10.5. The summed E-state index contributed by atoms with van der Waals surface area (Å²) in [7, 11) is 3.89. The lowest BCUT2D eigenvalue weighted by molar-refractivity contribution is 0.0945. The van der Waals surface area contributed by atoms with E-state index in [-0.39, 0.29) is 5.91 Å². The van der Waals surface area contributed by atoms with E-state index < -0.39 is 6.04 Å². The minimum Gasteiger partial charge on any atom is -0.378 e. The molecular formula is C18H19N3O. The van der Waals surface area contributed by atoms with Crippen LogP contribution in [0, 0.1) is 18.3 Å². The lowest BCUT2D eigenvalue weighted by Crippen LogP contribution is -2.27. The third-order valence-corrected chi connectivity index (χ3v) is 3.46. The van der Waals surface area contributed by atoms with E-state index in [4.69, 9.17) is 0 Å². The van der Waals surface area contributed by atoms with Gasteiger partial charge in [-0.15, -0.1) is 0 Å². The van der Waals surface area contributed by atoms with Crippen LogP contribution in [0.5, 0.6) is 0 Å². The van der Waals surface area contributed by atoms with Crippen LogP contribution in [0.2, 0.25) is 0 Å². The normalized spacial score (nSPS) is 11.4. The summed E-state index contributed by atoms with van der Waals surface area (Å²) in [4.78, 5) is 14.2. The molecule has 0 spiro atoms. The third kappa shape index (κ3) is 3.64. The molecule has 2 rings (SSSR count). The predicted molar refractivity (Wildman–Crippen MR) is 87.8 cm³/mol. The number of aryl methyl sites for hydroxylation is 1. The maximum absolute atomic E-state index is 12.3. The predicted octanol–water partition coefficient (Wildman–Crippen LogP) is 3.06. The Hall–Kier alpha value is -2.80. The topological polar surface area (TPSA) is 56.1 Å². The molecule has 1 atom stereocenters. The first kappa shape index (κ1) is 15.6. The molecule has 0 saturated heterocycles. The monoisotopic (exact) mass is 293 g/mol. The van der Waals surface area contributed by atoms with E-state index in [1.54, 1.807) is 12.1 Å². The molecule has 4 heteroatoms. The second-order valence-electron chi connectivity index (χ2n) is 5.39. The van der Waals surface area contributed by atoms with Crippen LogP contribution in [0.25, 0.3) is 0 Å². The number of hydrogen-bond donors (Lipinski definition) is 1. The van der Waals surface area contributed by atoms with Gasteiger partial charge in [0, 0.05) is 25.3 Å². The molecule has 2 aromatic rings. The van der Waals surface area contributed by atoms with Gasteiger partial charge in [0.2, 0.25) is 0 Å². The van der Waals surface area contributed by atoms with Gasteiger partial charge >= 0.3 is 0 Å². The van der Waals surface area contributed by atoms with Crippen molar-refractivity contribution in [3.63, 3.8) is 0 Å². The van der Waals surface area contributed by atoms with Crippen LogP contribution in [0.15, 0.2) is 48.5 Å². The van der Waals surface area contributed by atoms with Crippen molar-refractivity contribution in [2.24, 2.45) is 0 Å². The number of benzene rings is 2. The van der Waals surface area contributed by atoms with E-state index in [2.05, 4.69) is 11.4 Å². The molecule has 0 saturated carbocycles. The average Bonchev–Trinajstić information content (AvgIpc) is 2.53. The summed E-state index contributed by atoms with van der Waals surface area (Å²) < 4.78 is 0. The minimum atomic E-state index is -0.651. The van der Waals surface area contributed by atoms with Crippen molar-refractivity contribution in [1.82, 2.24) is 5.32 Å². The van der Waals surface area contributed by atoms with Gasteiger partial charge in [-0.2, -0.15) is 5.26 Å². The molecule has 0 radical (unpaired) electrons. The Morgan fingerprint density at radius 2 is 1.68 bits per heavy atom. The number of hydrogen-bond acceptors (Lipinski definition) is 3. The van der Waals surface area contributed by atoms with Crippen LogP contribution in [0.3, 0.4) is 0 Å². The van der Waals surface area contributed by atoms with Gasteiger partial charge in [0.25, 0.3) is 5.91 Å². The third-order valence-electron chi connectivity index (χ3n) is 3.46. The van der Waals surface area contributed by atoms with Crippen molar-refractivity contribution in [3.8, 4) is 6.07 Å². The number of carbonyl (C=O) groups excluding carboxylic acids is 1. The van der Waals surface area contributed by atoms with Gasteiger partial charge < -0.3 is 10.2 Å². The molecule has 0 aliphatic heterocycles. The van der Waals surface area contributed by atoms with Gasteiger partial charge in [0.05, 0.1) is 6.07 Å². The number of nitrogens with zero attached hydrogens (tertiary/aromatic N) is 2. The molecule has 0 bridgehead atoms. The Morgan fingerprint density at radius 1 is 1.09 bits per heavy atom. The quantitative estimate of drug-likeness (QED) is 0.942. The van der Waals surface area contributed by atoms with E-state index in [1.807, 2.05) is 62.3 Å². The van der Waals surface area contributed by atoms with E-state index in [9.17, 15) is 10.1 Å². The molecule has 22 heavy (non-hydrogen) atoms. The summed E-state index contributed by atoms with van der Waals surface area (Å²) in [5, 5.41) is 12.0. The lowest BCUT2D eigenvalue weighted by atomic mass is 10.1. The summed E-state index contributed by atoms with van der Waals surface area (Å²) in [5.41, 5.74) is 3.46. The van der Waals surface area contributed by atoms with E-state index in [1.165, 1.54) is 0 Å². The highest BCUT2D eigenvalue weighted by Gasteiger charge is 2.15. The molecule has 0 fully saturated rings. The zero-order valence-corrected chi connectivity index (χ0v) is 13.0. The smallest absolute Gasteiger partial charge is 0.252 e. The Morgan fingerprint density at radius 3 is 2.18 bits per heavy atom. The van der Waals surface area contributed by atoms with Crippen LogP contribution in [0.4, 0.5) is 5.69 Å². The van der Waals surface area contributed by atoms with Crippen molar-refractivity contribution >= 4 is 11.6 Å². The fourth-order valence-electron chi connectivity index (χ4n) is 2.07. The summed E-state index contributed by atoms with van der Waals surface area (Å²) >= 11 is 0. The van der Waals surface area contributed by atoms with Crippen molar-refractivity contribution in [2.75, 3.05) is 19.0 Å². The second kappa shape index (κ2) is 6.77. The Labute approximate surface area is 131 Å². The lowest BCUT2D eigenvalue weighted by Gasteiger charge is -2.14. The van der Waals surface area contributed by atoms with Gasteiger partial charge in [-0.3, -0.25) is 4.79 Å². The summed E-state index contributed by atoms with van der Waals surface area (Å²) in [6, 6.07) is 16.3. The number of nitrogens with one attached hydrogen (secondary N) is 1. The molecular weight excluding hydrogens is 274 g/mol. The number of carbonyl (C=O) groups is 1. The van der Waals surface area contributed by atoms with E-state index in [0.29, 0.717) is 5.56 Å². The second-order valence-corrected chi connectivity index (χ2v) is 5.39. The first-order valence-corrected chi connectivity index (χ1v) is 7.05. The fourth-order valence-corrected chi connectivity index (χ4v) is 2.07. The van der Waals surface area contributed by atoms with Crippen LogP contribution >= 0.6 is 0 Å². The van der Waals surface area contributed by atoms with Crippen molar-refractivity contribution < 1.29 is 4.79 Å². The summed E-state index contributed by atoms with van der Waals surface area (Å²) in [5.74, 6) is -0.252. The Bertz CT molecular complexity index is 682. The first-order valence-electron chi connectivity index (χ1n) is 7.05. The summed E-state index contributed by atoms with van der Waals surface area (Å²) in [6.07, 6.45) is 0.